The quantitative estimate of drug-likeness (QED) is 0.855. The van der Waals surface area contributed by atoms with Crippen LogP contribution in [0.5, 0.6) is 0 Å². The van der Waals surface area contributed by atoms with Crippen molar-refractivity contribution in [2.45, 2.75) is 33.3 Å². The van der Waals surface area contributed by atoms with Crippen molar-refractivity contribution in [1.29, 1.82) is 0 Å². The number of aliphatic hydroxyl groups excluding tert-OH is 1. The van der Waals surface area contributed by atoms with E-state index in [9.17, 15) is 9.50 Å². The van der Waals surface area contributed by atoms with Gasteiger partial charge in [-0.25, -0.2) is 4.39 Å². The topological polar surface area (TPSA) is 23.5 Å². The van der Waals surface area contributed by atoms with Crippen LogP contribution in [-0.4, -0.2) is 18.2 Å². The van der Waals surface area contributed by atoms with Crippen LogP contribution in [0, 0.1) is 11.2 Å². The zero-order valence-corrected chi connectivity index (χ0v) is 10.5. The van der Waals surface area contributed by atoms with E-state index in [4.69, 9.17) is 0 Å². The van der Waals surface area contributed by atoms with Crippen molar-refractivity contribution < 1.29 is 9.50 Å². The van der Waals surface area contributed by atoms with E-state index < -0.39 is 0 Å². The van der Waals surface area contributed by atoms with Crippen LogP contribution in [-0.2, 0) is 6.61 Å². The van der Waals surface area contributed by atoms with E-state index in [1.165, 1.54) is 12.5 Å². The highest BCUT2D eigenvalue weighted by atomic mass is 19.1. The molecule has 3 heteroatoms. The third kappa shape index (κ3) is 2.60. The molecule has 94 valence electrons. The summed E-state index contributed by atoms with van der Waals surface area (Å²) >= 11 is 0. The van der Waals surface area contributed by atoms with Gasteiger partial charge in [-0.2, -0.15) is 0 Å². The summed E-state index contributed by atoms with van der Waals surface area (Å²) in [7, 11) is 0. The lowest BCUT2D eigenvalue weighted by Crippen LogP contribution is -2.40. The molecule has 0 saturated carbocycles. The Balaban J connectivity index is 2.30. The Morgan fingerprint density at radius 1 is 1.41 bits per heavy atom. The molecular formula is C14H20FNO. The third-order valence-electron chi connectivity index (χ3n) is 3.49. The van der Waals surface area contributed by atoms with Gasteiger partial charge < -0.3 is 10.0 Å². The molecule has 0 spiro atoms. The Bertz CT molecular complexity index is 403. The second kappa shape index (κ2) is 4.65. The summed E-state index contributed by atoms with van der Waals surface area (Å²) in [5.74, 6) is -0.312. The molecule has 0 aliphatic carbocycles. The van der Waals surface area contributed by atoms with Crippen LogP contribution in [0.1, 0.15) is 32.3 Å². The fourth-order valence-corrected chi connectivity index (χ4v) is 2.63. The number of rotatable bonds is 2. The van der Waals surface area contributed by atoms with Gasteiger partial charge in [-0.15, -0.1) is 0 Å². The van der Waals surface area contributed by atoms with Gasteiger partial charge in [-0.3, -0.25) is 0 Å². The number of aliphatic hydroxyl groups is 1. The van der Waals surface area contributed by atoms with Gasteiger partial charge in [0.2, 0.25) is 0 Å². The predicted molar refractivity (Wildman–Crippen MR) is 67.6 cm³/mol. The minimum absolute atomic E-state index is 0.237. The molecule has 0 aromatic heterocycles. The van der Waals surface area contributed by atoms with Crippen molar-refractivity contribution in [2.24, 2.45) is 5.41 Å². The fraction of sp³-hybridized carbons (Fsp3) is 0.571. The molecule has 17 heavy (non-hydrogen) atoms. The second-order valence-corrected chi connectivity index (χ2v) is 5.58. The van der Waals surface area contributed by atoms with Crippen LogP contribution in [0.3, 0.4) is 0 Å². The molecule has 1 N–H and O–H groups in total. The highest BCUT2D eigenvalue weighted by Gasteiger charge is 2.27. The monoisotopic (exact) mass is 237 g/mol. The van der Waals surface area contributed by atoms with Crippen LogP contribution in [0.15, 0.2) is 18.2 Å². The largest absolute Gasteiger partial charge is 0.391 e. The van der Waals surface area contributed by atoms with Gasteiger partial charge in [-0.05, 0) is 30.4 Å². The molecule has 1 aromatic carbocycles. The van der Waals surface area contributed by atoms with Crippen molar-refractivity contribution in [3.63, 3.8) is 0 Å². The summed E-state index contributed by atoms with van der Waals surface area (Å²) in [6, 6.07) is 5.02. The Kier molecular flexibility index (Phi) is 3.38. The number of anilines is 1. The summed E-state index contributed by atoms with van der Waals surface area (Å²) in [4.78, 5) is 2.19. The molecule has 1 saturated heterocycles. The van der Waals surface area contributed by atoms with Crippen molar-refractivity contribution in [1.82, 2.24) is 0 Å². The van der Waals surface area contributed by atoms with Gasteiger partial charge in [0.15, 0.2) is 0 Å². The first-order valence-electron chi connectivity index (χ1n) is 6.17. The summed E-state index contributed by atoms with van der Waals surface area (Å²) < 4.78 is 13.6. The molecule has 0 unspecified atom stereocenters. The average Bonchev–Trinajstić information content (AvgIpc) is 2.27. The predicted octanol–water partition coefficient (Wildman–Crippen LogP) is 2.94. The average molecular weight is 237 g/mol. The molecule has 1 heterocycles. The van der Waals surface area contributed by atoms with E-state index in [2.05, 4.69) is 18.7 Å². The van der Waals surface area contributed by atoms with Gasteiger partial charge in [0.05, 0.1) is 6.61 Å². The Hall–Kier alpha value is -1.09. The van der Waals surface area contributed by atoms with Gasteiger partial charge in [0, 0.05) is 24.3 Å². The fourth-order valence-electron chi connectivity index (χ4n) is 2.63. The van der Waals surface area contributed by atoms with Gasteiger partial charge in [0.1, 0.15) is 5.82 Å². The summed E-state index contributed by atoms with van der Waals surface area (Å²) in [6.45, 7) is 6.09. The molecule has 2 nitrogen and oxygen atoms in total. The van der Waals surface area contributed by atoms with Crippen LogP contribution < -0.4 is 4.90 Å². The number of benzene rings is 1. The zero-order valence-electron chi connectivity index (χ0n) is 10.5. The summed E-state index contributed by atoms with van der Waals surface area (Å²) in [5.41, 5.74) is 1.53. The number of hydrogen-bond donors (Lipinski definition) is 1. The molecule has 0 radical (unpaired) electrons. The lowest BCUT2D eigenvalue weighted by Gasteiger charge is -2.40. The molecule has 1 aliphatic heterocycles. The number of hydrogen-bond acceptors (Lipinski definition) is 2. The van der Waals surface area contributed by atoms with Gasteiger partial charge in [-0.1, -0.05) is 19.9 Å². The maximum atomic E-state index is 13.6. The number of nitrogens with zero attached hydrogens (tertiary/aromatic N) is 1. The summed E-state index contributed by atoms with van der Waals surface area (Å²) in [5, 5.41) is 9.29. The van der Waals surface area contributed by atoms with Crippen molar-refractivity contribution in [3.8, 4) is 0 Å². The third-order valence-corrected chi connectivity index (χ3v) is 3.49. The minimum Gasteiger partial charge on any atom is -0.391 e. The second-order valence-electron chi connectivity index (χ2n) is 5.58. The van der Waals surface area contributed by atoms with E-state index in [0.29, 0.717) is 5.56 Å². The molecule has 0 bridgehead atoms. The van der Waals surface area contributed by atoms with Crippen LogP contribution >= 0.6 is 0 Å². The van der Waals surface area contributed by atoms with Crippen LogP contribution in [0.2, 0.25) is 0 Å². The molecular weight excluding hydrogens is 217 g/mol. The first kappa shape index (κ1) is 12.4. The van der Waals surface area contributed by atoms with Crippen molar-refractivity contribution in [2.75, 3.05) is 18.0 Å². The van der Waals surface area contributed by atoms with Crippen LogP contribution in [0.4, 0.5) is 10.1 Å². The van der Waals surface area contributed by atoms with E-state index in [1.807, 2.05) is 6.07 Å². The van der Waals surface area contributed by atoms with Crippen molar-refractivity contribution in [3.05, 3.63) is 29.6 Å². The normalized spacial score (nSPS) is 19.4. The number of piperidine rings is 1. The zero-order chi connectivity index (χ0) is 12.5. The Morgan fingerprint density at radius 2 is 2.18 bits per heavy atom. The highest BCUT2D eigenvalue weighted by molar-refractivity contribution is 5.54. The Morgan fingerprint density at radius 3 is 2.82 bits per heavy atom. The maximum Gasteiger partial charge on any atom is 0.130 e. The number of halogens is 1. The SMILES string of the molecule is CC1(C)CCCN(c2cccc(F)c2CO)C1. The Labute approximate surface area is 102 Å². The first-order chi connectivity index (χ1) is 8.03. The molecule has 0 atom stereocenters. The molecule has 0 amide bonds. The molecule has 2 rings (SSSR count). The van der Waals surface area contributed by atoms with Gasteiger partial charge >= 0.3 is 0 Å². The smallest absolute Gasteiger partial charge is 0.130 e. The van der Waals surface area contributed by atoms with Gasteiger partial charge in [0.25, 0.3) is 0 Å². The standard InChI is InChI=1S/C14H20FNO/c1-14(2)7-4-8-16(10-14)13-6-3-5-12(15)11(13)9-17/h3,5-6,17H,4,7-10H2,1-2H3. The van der Waals surface area contributed by atoms with Crippen molar-refractivity contribution >= 4 is 5.69 Å². The lowest BCUT2D eigenvalue weighted by molar-refractivity contribution is 0.271. The minimum atomic E-state index is -0.312. The first-order valence-corrected chi connectivity index (χ1v) is 6.17. The maximum absolute atomic E-state index is 13.6. The highest BCUT2D eigenvalue weighted by Crippen LogP contribution is 2.33. The molecule has 1 fully saturated rings. The molecule has 1 aliphatic rings. The molecule has 1 aromatic rings. The lowest BCUT2D eigenvalue weighted by atomic mass is 9.84. The van der Waals surface area contributed by atoms with E-state index >= 15 is 0 Å². The van der Waals surface area contributed by atoms with Crippen LogP contribution in [0.25, 0.3) is 0 Å². The van der Waals surface area contributed by atoms with E-state index in [-0.39, 0.29) is 17.8 Å². The van der Waals surface area contributed by atoms with E-state index in [0.717, 1.165) is 25.2 Å². The summed E-state index contributed by atoms with van der Waals surface area (Å²) in [6.07, 6.45) is 2.32. The van der Waals surface area contributed by atoms with E-state index in [1.54, 1.807) is 6.07 Å².